The van der Waals surface area contributed by atoms with Gasteiger partial charge in [0.05, 0.1) is 24.0 Å². The van der Waals surface area contributed by atoms with Crippen molar-refractivity contribution >= 4 is 15.9 Å². The number of hydrogen-bond acceptors (Lipinski definition) is 4. The van der Waals surface area contributed by atoms with E-state index >= 15 is 0 Å². The molecular weight excluding hydrogens is 409 g/mol. The molecule has 2 aliphatic rings. The molecule has 1 amide bonds. The molecular formula is C19H25F3N2O4S. The van der Waals surface area contributed by atoms with Gasteiger partial charge in [0.1, 0.15) is 0 Å². The Labute approximate surface area is 168 Å². The van der Waals surface area contributed by atoms with Crippen molar-refractivity contribution in [1.29, 1.82) is 0 Å². The van der Waals surface area contributed by atoms with E-state index in [-0.39, 0.29) is 24.3 Å². The largest absolute Gasteiger partial charge is 0.392 e. The van der Waals surface area contributed by atoms with E-state index in [1.54, 1.807) is 12.1 Å². The smallest absolute Gasteiger partial charge is 0.379 e. The molecule has 162 valence electrons. The zero-order chi connectivity index (χ0) is 21.1. The number of morpholine rings is 1. The maximum absolute atomic E-state index is 13.2. The summed E-state index contributed by atoms with van der Waals surface area (Å²) in [4.78, 5) is 12.5. The number of ether oxygens (including phenoxy) is 1. The van der Waals surface area contributed by atoms with Crippen molar-refractivity contribution in [2.75, 3.05) is 26.3 Å². The van der Waals surface area contributed by atoms with Crippen molar-refractivity contribution in [2.24, 2.45) is 11.8 Å². The first-order valence-electron chi connectivity index (χ1n) is 9.71. The number of nitrogens with one attached hydrogen (secondary N) is 1. The predicted molar refractivity (Wildman–Crippen MR) is 99.4 cm³/mol. The molecule has 1 aromatic carbocycles. The molecule has 1 aliphatic heterocycles. The van der Waals surface area contributed by atoms with Crippen molar-refractivity contribution in [3.05, 3.63) is 29.8 Å². The normalized spacial score (nSPS) is 24.2. The maximum atomic E-state index is 13.2. The Morgan fingerprint density at radius 2 is 1.72 bits per heavy atom. The van der Waals surface area contributed by atoms with Gasteiger partial charge in [0.25, 0.3) is 0 Å². The minimum absolute atomic E-state index is 0.0182. The van der Waals surface area contributed by atoms with E-state index in [0.717, 1.165) is 0 Å². The highest BCUT2D eigenvalue weighted by Gasteiger charge is 2.47. The zero-order valence-corrected chi connectivity index (χ0v) is 16.8. The molecule has 1 saturated heterocycles. The summed E-state index contributed by atoms with van der Waals surface area (Å²) in [5, 5.41) is 2.58. The van der Waals surface area contributed by atoms with Crippen molar-refractivity contribution in [2.45, 2.75) is 43.3 Å². The molecule has 0 bridgehead atoms. The topological polar surface area (TPSA) is 75.7 Å². The highest BCUT2D eigenvalue weighted by Crippen LogP contribution is 2.41. The Kier molecular flexibility index (Phi) is 6.85. The lowest BCUT2D eigenvalue weighted by Gasteiger charge is -2.32. The summed E-state index contributed by atoms with van der Waals surface area (Å²) >= 11 is 0. The van der Waals surface area contributed by atoms with Gasteiger partial charge in [-0.05, 0) is 30.5 Å². The minimum Gasteiger partial charge on any atom is -0.379 e. The van der Waals surface area contributed by atoms with Crippen LogP contribution in [0.4, 0.5) is 13.2 Å². The summed E-state index contributed by atoms with van der Waals surface area (Å²) in [5.74, 6) is -3.26. The first-order valence-corrected chi connectivity index (χ1v) is 11.1. The van der Waals surface area contributed by atoms with E-state index in [4.69, 9.17) is 4.74 Å². The van der Waals surface area contributed by atoms with Gasteiger partial charge in [0.2, 0.25) is 15.9 Å². The van der Waals surface area contributed by atoms with Gasteiger partial charge in [-0.15, -0.1) is 0 Å². The lowest BCUT2D eigenvalue weighted by Crippen LogP contribution is -2.42. The summed E-state index contributed by atoms with van der Waals surface area (Å²) in [6.45, 7) is 1.34. The third-order valence-corrected chi connectivity index (χ3v) is 7.43. The Morgan fingerprint density at radius 1 is 1.10 bits per heavy atom. The quantitative estimate of drug-likeness (QED) is 0.773. The lowest BCUT2D eigenvalue weighted by molar-refractivity contribution is -0.198. The van der Waals surface area contributed by atoms with Crippen LogP contribution in [0.15, 0.2) is 29.2 Å². The molecule has 2 unspecified atom stereocenters. The molecule has 3 rings (SSSR count). The molecule has 0 radical (unpaired) electrons. The first kappa shape index (κ1) is 22.0. The molecule has 1 N–H and O–H groups in total. The molecule has 0 spiro atoms. The fourth-order valence-corrected chi connectivity index (χ4v) is 5.28. The van der Waals surface area contributed by atoms with Crippen molar-refractivity contribution in [1.82, 2.24) is 9.62 Å². The van der Waals surface area contributed by atoms with Crippen molar-refractivity contribution in [3.8, 4) is 0 Å². The summed E-state index contributed by atoms with van der Waals surface area (Å²) in [7, 11) is -3.61. The molecule has 2 fully saturated rings. The average molecular weight is 434 g/mol. The van der Waals surface area contributed by atoms with E-state index in [0.29, 0.717) is 44.7 Å². The van der Waals surface area contributed by atoms with Crippen LogP contribution in [0.5, 0.6) is 0 Å². The number of carbonyl (C=O) groups excluding carboxylic acids is 1. The maximum Gasteiger partial charge on any atom is 0.392 e. The zero-order valence-electron chi connectivity index (χ0n) is 16.0. The monoisotopic (exact) mass is 434 g/mol. The number of alkyl halides is 3. The van der Waals surface area contributed by atoms with Gasteiger partial charge in [-0.1, -0.05) is 25.0 Å². The van der Waals surface area contributed by atoms with Gasteiger partial charge in [-0.3, -0.25) is 4.79 Å². The number of carbonyl (C=O) groups is 1. The van der Waals surface area contributed by atoms with Crippen molar-refractivity contribution in [3.63, 3.8) is 0 Å². The van der Waals surface area contributed by atoms with Crippen LogP contribution >= 0.6 is 0 Å². The lowest BCUT2D eigenvalue weighted by atomic mass is 9.78. The first-order chi connectivity index (χ1) is 13.7. The van der Waals surface area contributed by atoms with E-state index in [1.807, 2.05) is 0 Å². The third-order valence-electron chi connectivity index (χ3n) is 5.52. The van der Waals surface area contributed by atoms with Crippen LogP contribution in [-0.2, 0) is 26.1 Å². The molecule has 1 heterocycles. The number of benzene rings is 1. The van der Waals surface area contributed by atoms with Gasteiger partial charge >= 0.3 is 6.18 Å². The van der Waals surface area contributed by atoms with Crippen LogP contribution in [0.3, 0.4) is 0 Å². The second-order valence-corrected chi connectivity index (χ2v) is 9.36. The van der Waals surface area contributed by atoms with Gasteiger partial charge in [0.15, 0.2) is 0 Å². The van der Waals surface area contributed by atoms with Crippen LogP contribution in [-0.4, -0.2) is 51.1 Å². The van der Waals surface area contributed by atoms with Crippen LogP contribution < -0.4 is 5.32 Å². The Morgan fingerprint density at radius 3 is 2.34 bits per heavy atom. The summed E-state index contributed by atoms with van der Waals surface area (Å²) in [6, 6.07) is 6.03. The third kappa shape index (κ3) is 5.29. The van der Waals surface area contributed by atoms with Gasteiger partial charge in [-0.25, -0.2) is 8.42 Å². The number of hydrogen-bond donors (Lipinski definition) is 1. The average Bonchev–Trinajstić information content (AvgIpc) is 2.72. The van der Waals surface area contributed by atoms with Gasteiger partial charge < -0.3 is 10.1 Å². The Balaban J connectivity index is 1.60. The van der Waals surface area contributed by atoms with Gasteiger partial charge in [-0.2, -0.15) is 17.5 Å². The predicted octanol–water partition coefficient (Wildman–Crippen LogP) is 2.69. The van der Waals surface area contributed by atoms with E-state index in [2.05, 4.69) is 5.32 Å². The molecule has 1 aromatic rings. The van der Waals surface area contributed by atoms with E-state index < -0.39 is 33.9 Å². The fourth-order valence-electron chi connectivity index (χ4n) is 3.87. The summed E-state index contributed by atoms with van der Waals surface area (Å²) in [6.07, 6.45) is -3.08. The number of amides is 1. The molecule has 1 saturated carbocycles. The molecule has 0 aromatic heterocycles. The highest BCUT2D eigenvalue weighted by molar-refractivity contribution is 7.89. The standard InChI is InChI=1S/C19H25F3N2O4S/c20-19(21,22)17-4-2-1-3-16(17)18(25)23-13-14-5-7-15(8-6-14)29(26,27)24-9-11-28-12-10-24/h5-8,16-17H,1-4,9-13H2,(H,23,25). The molecule has 10 heteroatoms. The molecule has 29 heavy (non-hydrogen) atoms. The van der Waals surface area contributed by atoms with Crippen LogP contribution in [0.1, 0.15) is 31.2 Å². The summed E-state index contributed by atoms with van der Waals surface area (Å²) < 4.78 is 71.2. The number of rotatable bonds is 5. The van der Waals surface area contributed by atoms with E-state index in [9.17, 15) is 26.4 Å². The van der Waals surface area contributed by atoms with Crippen LogP contribution in [0.2, 0.25) is 0 Å². The SMILES string of the molecule is O=C(NCc1ccc(S(=O)(=O)N2CCOCC2)cc1)C1CCCCC1C(F)(F)F. The minimum atomic E-state index is -4.38. The van der Waals surface area contributed by atoms with E-state index in [1.165, 1.54) is 16.4 Å². The molecule has 6 nitrogen and oxygen atoms in total. The van der Waals surface area contributed by atoms with Crippen LogP contribution in [0.25, 0.3) is 0 Å². The molecule has 1 aliphatic carbocycles. The summed E-state index contributed by atoms with van der Waals surface area (Å²) in [5.41, 5.74) is 0.624. The van der Waals surface area contributed by atoms with Crippen molar-refractivity contribution < 1.29 is 31.1 Å². The van der Waals surface area contributed by atoms with Crippen LogP contribution in [0, 0.1) is 11.8 Å². The second kappa shape index (κ2) is 9.01. The number of nitrogens with zero attached hydrogens (tertiary/aromatic N) is 1. The highest BCUT2D eigenvalue weighted by atomic mass is 32.2. The number of halogens is 3. The van der Waals surface area contributed by atoms with Gasteiger partial charge in [0, 0.05) is 25.6 Å². The fraction of sp³-hybridized carbons (Fsp3) is 0.632. The molecule has 2 atom stereocenters. The second-order valence-electron chi connectivity index (χ2n) is 7.42. The number of sulfonamides is 1. The Bertz CT molecular complexity index is 806. The Hall–Kier alpha value is -1.65.